The molecule has 6 heteroatoms. The molecule has 104 valence electrons. The van der Waals surface area contributed by atoms with E-state index in [9.17, 15) is 9.90 Å². The number of anilines is 2. The lowest BCUT2D eigenvalue weighted by Crippen LogP contribution is -2.42. The Labute approximate surface area is 111 Å². The lowest BCUT2D eigenvalue weighted by molar-refractivity contribution is -0.0543. The molecule has 1 amide bonds. The van der Waals surface area contributed by atoms with Crippen molar-refractivity contribution in [3.63, 3.8) is 0 Å². The summed E-state index contributed by atoms with van der Waals surface area (Å²) in [4.78, 5) is 11.3. The molecule has 0 atom stereocenters. The Morgan fingerprint density at radius 3 is 2.74 bits per heavy atom. The van der Waals surface area contributed by atoms with E-state index in [2.05, 4.69) is 5.32 Å². The zero-order chi connectivity index (χ0) is 13.9. The van der Waals surface area contributed by atoms with Crippen LogP contribution < -0.4 is 16.8 Å². The first kappa shape index (κ1) is 13.6. The average molecular weight is 265 g/mol. The topological polar surface area (TPSA) is 111 Å². The van der Waals surface area contributed by atoms with E-state index < -0.39 is 11.5 Å². The largest absolute Gasteiger partial charge is 0.399 e. The lowest BCUT2D eigenvalue weighted by atomic mass is 9.94. The molecule has 0 bridgehead atoms. The molecule has 1 heterocycles. The molecule has 1 saturated heterocycles. The van der Waals surface area contributed by atoms with Gasteiger partial charge in [-0.15, -0.1) is 0 Å². The van der Waals surface area contributed by atoms with Gasteiger partial charge in [-0.1, -0.05) is 0 Å². The normalized spacial score (nSPS) is 17.9. The van der Waals surface area contributed by atoms with Crippen molar-refractivity contribution in [1.29, 1.82) is 0 Å². The highest BCUT2D eigenvalue weighted by molar-refractivity contribution is 5.99. The third kappa shape index (κ3) is 3.36. The standard InChI is InChI=1S/C13H19N3O3/c14-9-1-2-10(12(15)17)11(7-9)16-8-13(18)3-5-19-6-4-13/h1-2,7,16,18H,3-6,8,14H2,(H2,15,17). The zero-order valence-electron chi connectivity index (χ0n) is 10.7. The number of aliphatic hydroxyl groups is 1. The monoisotopic (exact) mass is 265 g/mol. The summed E-state index contributed by atoms with van der Waals surface area (Å²) in [7, 11) is 0. The molecule has 2 rings (SSSR count). The Hall–Kier alpha value is -1.79. The van der Waals surface area contributed by atoms with Crippen LogP contribution in [0.15, 0.2) is 18.2 Å². The van der Waals surface area contributed by atoms with E-state index in [1.54, 1.807) is 18.2 Å². The van der Waals surface area contributed by atoms with Gasteiger partial charge in [-0.05, 0) is 18.2 Å². The van der Waals surface area contributed by atoms with Gasteiger partial charge in [0.05, 0.1) is 11.2 Å². The summed E-state index contributed by atoms with van der Waals surface area (Å²) < 4.78 is 5.22. The van der Waals surface area contributed by atoms with Gasteiger partial charge in [-0.2, -0.15) is 0 Å². The molecule has 0 aliphatic carbocycles. The number of hydrogen-bond acceptors (Lipinski definition) is 5. The second-order valence-electron chi connectivity index (χ2n) is 4.86. The lowest BCUT2D eigenvalue weighted by Gasteiger charge is -2.32. The summed E-state index contributed by atoms with van der Waals surface area (Å²) in [5.41, 5.74) is 11.6. The van der Waals surface area contributed by atoms with Crippen molar-refractivity contribution in [2.45, 2.75) is 18.4 Å². The maximum Gasteiger partial charge on any atom is 0.250 e. The van der Waals surface area contributed by atoms with E-state index in [1.165, 1.54) is 0 Å². The average Bonchev–Trinajstić information content (AvgIpc) is 2.37. The Kier molecular flexibility index (Phi) is 3.92. The Morgan fingerprint density at radius 1 is 1.42 bits per heavy atom. The number of nitrogens with one attached hydrogen (secondary N) is 1. The van der Waals surface area contributed by atoms with Gasteiger partial charge in [0.15, 0.2) is 0 Å². The van der Waals surface area contributed by atoms with Crippen LogP contribution in [0.5, 0.6) is 0 Å². The molecule has 0 saturated carbocycles. The van der Waals surface area contributed by atoms with Crippen molar-refractivity contribution in [2.24, 2.45) is 5.73 Å². The van der Waals surface area contributed by atoms with Crippen LogP contribution in [-0.4, -0.2) is 36.4 Å². The number of ether oxygens (including phenoxy) is 1. The van der Waals surface area contributed by atoms with E-state index in [-0.39, 0.29) is 0 Å². The van der Waals surface area contributed by atoms with Gasteiger partial charge in [-0.25, -0.2) is 0 Å². The number of primary amides is 1. The van der Waals surface area contributed by atoms with Gasteiger partial charge in [0.25, 0.3) is 5.91 Å². The van der Waals surface area contributed by atoms with E-state index in [0.29, 0.717) is 49.5 Å². The van der Waals surface area contributed by atoms with E-state index in [0.717, 1.165) is 0 Å². The molecule has 0 unspecified atom stereocenters. The molecule has 19 heavy (non-hydrogen) atoms. The zero-order valence-corrected chi connectivity index (χ0v) is 10.7. The number of nitrogens with two attached hydrogens (primary N) is 2. The second-order valence-corrected chi connectivity index (χ2v) is 4.86. The number of hydrogen-bond donors (Lipinski definition) is 4. The summed E-state index contributed by atoms with van der Waals surface area (Å²) in [5.74, 6) is -0.526. The Balaban J connectivity index is 2.10. The summed E-state index contributed by atoms with van der Waals surface area (Å²) in [6.07, 6.45) is 1.13. The summed E-state index contributed by atoms with van der Waals surface area (Å²) >= 11 is 0. The Bertz CT molecular complexity index is 470. The van der Waals surface area contributed by atoms with E-state index in [1.807, 2.05) is 0 Å². The molecule has 1 aliphatic heterocycles. The van der Waals surface area contributed by atoms with E-state index >= 15 is 0 Å². The van der Waals surface area contributed by atoms with Gasteiger partial charge in [-0.3, -0.25) is 4.79 Å². The first-order valence-corrected chi connectivity index (χ1v) is 6.23. The minimum atomic E-state index is -0.822. The predicted octanol–water partition coefficient (Wildman–Crippen LogP) is 0.321. The van der Waals surface area contributed by atoms with Crippen molar-refractivity contribution < 1.29 is 14.6 Å². The molecule has 6 N–H and O–H groups in total. The first-order valence-electron chi connectivity index (χ1n) is 6.23. The number of rotatable bonds is 4. The third-order valence-corrected chi connectivity index (χ3v) is 3.34. The van der Waals surface area contributed by atoms with Crippen LogP contribution in [0.25, 0.3) is 0 Å². The minimum absolute atomic E-state index is 0.333. The fourth-order valence-electron chi connectivity index (χ4n) is 2.11. The fourth-order valence-corrected chi connectivity index (χ4v) is 2.11. The minimum Gasteiger partial charge on any atom is -0.399 e. The van der Waals surface area contributed by atoms with Crippen molar-refractivity contribution in [3.05, 3.63) is 23.8 Å². The molecule has 0 aromatic heterocycles. The summed E-state index contributed by atoms with van der Waals surface area (Å²) in [5, 5.41) is 13.4. The van der Waals surface area contributed by atoms with Crippen LogP contribution in [0.2, 0.25) is 0 Å². The van der Waals surface area contributed by atoms with E-state index in [4.69, 9.17) is 16.2 Å². The number of carbonyl (C=O) groups excluding carboxylic acids is 1. The predicted molar refractivity (Wildman–Crippen MR) is 72.9 cm³/mol. The first-order chi connectivity index (χ1) is 9.00. The highest BCUT2D eigenvalue weighted by Gasteiger charge is 2.29. The molecular weight excluding hydrogens is 246 g/mol. The van der Waals surface area contributed by atoms with Crippen molar-refractivity contribution in [1.82, 2.24) is 0 Å². The van der Waals surface area contributed by atoms with Crippen molar-refractivity contribution >= 4 is 17.3 Å². The van der Waals surface area contributed by atoms with Crippen LogP contribution in [0, 0.1) is 0 Å². The van der Waals surface area contributed by atoms with Crippen LogP contribution in [0.1, 0.15) is 23.2 Å². The SMILES string of the molecule is NC(=O)c1ccc(N)cc1NCC1(O)CCOCC1. The van der Waals surface area contributed by atoms with Gasteiger partial charge in [0.2, 0.25) is 0 Å². The van der Waals surface area contributed by atoms with Gasteiger partial charge in [0.1, 0.15) is 0 Å². The Morgan fingerprint density at radius 2 is 2.11 bits per heavy atom. The number of carbonyl (C=O) groups is 1. The summed E-state index contributed by atoms with van der Waals surface area (Å²) in [6, 6.07) is 4.84. The number of amides is 1. The van der Waals surface area contributed by atoms with Gasteiger partial charge < -0.3 is 26.6 Å². The molecule has 1 aromatic carbocycles. The smallest absolute Gasteiger partial charge is 0.250 e. The third-order valence-electron chi connectivity index (χ3n) is 3.34. The van der Waals surface area contributed by atoms with Gasteiger partial charge in [0, 0.05) is 44.0 Å². The summed E-state index contributed by atoms with van der Waals surface area (Å²) in [6.45, 7) is 1.41. The second kappa shape index (κ2) is 5.46. The molecule has 0 radical (unpaired) electrons. The van der Waals surface area contributed by atoms with Crippen LogP contribution in [0.4, 0.5) is 11.4 Å². The van der Waals surface area contributed by atoms with Crippen LogP contribution >= 0.6 is 0 Å². The number of benzene rings is 1. The molecule has 1 aliphatic rings. The van der Waals surface area contributed by atoms with Gasteiger partial charge >= 0.3 is 0 Å². The quantitative estimate of drug-likeness (QED) is 0.586. The number of nitrogen functional groups attached to an aromatic ring is 1. The highest BCUT2D eigenvalue weighted by atomic mass is 16.5. The molecular formula is C13H19N3O3. The van der Waals surface area contributed by atoms with Crippen LogP contribution in [0.3, 0.4) is 0 Å². The maximum atomic E-state index is 11.3. The van der Waals surface area contributed by atoms with Crippen molar-refractivity contribution in [3.8, 4) is 0 Å². The van der Waals surface area contributed by atoms with Crippen molar-refractivity contribution in [2.75, 3.05) is 30.8 Å². The fraction of sp³-hybridized carbons (Fsp3) is 0.462. The highest BCUT2D eigenvalue weighted by Crippen LogP contribution is 2.24. The maximum absolute atomic E-state index is 11.3. The molecule has 0 spiro atoms. The molecule has 1 aromatic rings. The van der Waals surface area contributed by atoms with Crippen LogP contribution in [-0.2, 0) is 4.74 Å². The molecule has 6 nitrogen and oxygen atoms in total. The molecule has 1 fully saturated rings.